The Kier molecular flexibility index (Phi) is 4.24. The van der Waals surface area contributed by atoms with E-state index in [1.165, 1.54) is 5.56 Å². The highest BCUT2D eigenvalue weighted by atomic mass is 16.5. The molecule has 1 aromatic heterocycles. The van der Waals surface area contributed by atoms with E-state index in [1.54, 1.807) is 0 Å². The summed E-state index contributed by atoms with van der Waals surface area (Å²) in [6.45, 7) is 4.88. The molecule has 2 atom stereocenters. The van der Waals surface area contributed by atoms with Gasteiger partial charge in [0.05, 0.1) is 11.7 Å². The molecule has 114 valence electrons. The fourth-order valence-electron chi connectivity index (χ4n) is 3.56. The molecule has 1 amide bonds. The van der Waals surface area contributed by atoms with Gasteiger partial charge in [0, 0.05) is 18.8 Å². The number of hydrogen-bond donors (Lipinski definition) is 0. The Bertz CT molecular complexity index is 509. The molecule has 1 saturated heterocycles. The normalized spacial score (nSPS) is 24.9. The topological polar surface area (TPSA) is 42.4 Å². The summed E-state index contributed by atoms with van der Waals surface area (Å²) in [5.74, 6) is 0.144. The molecule has 1 aliphatic carbocycles. The zero-order valence-electron chi connectivity index (χ0n) is 12.9. The number of fused-ring (bicyclic) bond motifs is 1. The Morgan fingerprint density at radius 2 is 2.24 bits per heavy atom. The van der Waals surface area contributed by atoms with Gasteiger partial charge in [-0.15, -0.1) is 0 Å². The molecule has 0 radical (unpaired) electrons. The Hall–Kier alpha value is -1.42. The third-order valence-corrected chi connectivity index (χ3v) is 4.52. The number of pyridine rings is 1. The standard InChI is InChI=1S/C17H24N2O2/c1-12(2)19(17(20)15-9-5-11-21-15)14-8-3-6-13-7-4-10-18-16(13)14/h4,7,10,12,14-15H,3,5-6,8-9,11H2,1-2H3/t14-,15-/m1/s1. The van der Waals surface area contributed by atoms with Crippen molar-refractivity contribution in [1.82, 2.24) is 9.88 Å². The first-order valence-corrected chi connectivity index (χ1v) is 8.06. The Morgan fingerprint density at radius 3 is 2.95 bits per heavy atom. The molecule has 0 saturated carbocycles. The van der Waals surface area contributed by atoms with Crippen LogP contribution in [0, 0.1) is 0 Å². The lowest BCUT2D eigenvalue weighted by molar-refractivity contribution is -0.146. The number of aryl methyl sites for hydroxylation is 1. The van der Waals surface area contributed by atoms with Crippen molar-refractivity contribution < 1.29 is 9.53 Å². The van der Waals surface area contributed by atoms with E-state index in [0.29, 0.717) is 6.61 Å². The van der Waals surface area contributed by atoms with Crippen molar-refractivity contribution in [3.8, 4) is 0 Å². The van der Waals surface area contributed by atoms with Gasteiger partial charge in [-0.05, 0) is 57.6 Å². The van der Waals surface area contributed by atoms with Gasteiger partial charge in [0.25, 0.3) is 5.91 Å². The number of carbonyl (C=O) groups is 1. The van der Waals surface area contributed by atoms with E-state index in [9.17, 15) is 4.79 Å². The van der Waals surface area contributed by atoms with Crippen LogP contribution in [0.2, 0.25) is 0 Å². The van der Waals surface area contributed by atoms with Crippen LogP contribution in [0.4, 0.5) is 0 Å². The van der Waals surface area contributed by atoms with Crippen LogP contribution in [-0.2, 0) is 16.0 Å². The third kappa shape index (κ3) is 2.82. The van der Waals surface area contributed by atoms with E-state index in [2.05, 4.69) is 24.9 Å². The number of aromatic nitrogens is 1. The minimum Gasteiger partial charge on any atom is -0.368 e. The second-order valence-electron chi connectivity index (χ2n) is 6.30. The summed E-state index contributed by atoms with van der Waals surface area (Å²) in [5, 5.41) is 0. The van der Waals surface area contributed by atoms with Crippen molar-refractivity contribution >= 4 is 5.91 Å². The Morgan fingerprint density at radius 1 is 1.38 bits per heavy atom. The maximum Gasteiger partial charge on any atom is 0.252 e. The molecule has 1 fully saturated rings. The number of amides is 1. The quantitative estimate of drug-likeness (QED) is 0.859. The van der Waals surface area contributed by atoms with E-state index in [-0.39, 0.29) is 24.1 Å². The smallest absolute Gasteiger partial charge is 0.252 e. The first kappa shape index (κ1) is 14.5. The molecule has 1 aliphatic heterocycles. The van der Waals surface area contributed by atoms with E-state index in [0.717, 1.165) is 37.8 Å². The van der Waals surface area contributed by atoms with Gasteiger partial charge in [-0.25, -0.2) is 0 Å². The summed E-state index contributed by atoms with van der Waals surface area (Å²) in [5.41, 5.74) is 2.38. The van der Waals surface area contributed by atoms with Crippen molar-refractivity contribution in [1.29, 1.82) is 0 Å². The second-order valence-corrected chi connectivity index (χ2v) is 6.30. The molecule has 0 spiro atoms. The van der Waals surface area contributed by atoms with Crippen LogP contribution in [0.3, 0.4) is 0 Å². The van der Waals surface area contributed by atoms with Crippen LogP contribution >= 0.6 is 0 Å². The Balaban J connectivity index is 1.89. The number of rotatable bonds is 3. The van der Waals surface area contributed by atoms with Gasteiger partial charge in [-0.2, -0.15) is 0 Å². The van der Waals surface area contributed by atoms with Gasteiger partial charge >= 0.3 is 0 Å². The summed E-state index contributed by atoms with van der Waals surface area (Å²) in [7, 11) is 0. The van der Waals surface area contributed by atoms with E-state index < -0.39 is 0 Å². The molecule has 2 aliphatic rings. The summed E-state index contributed by atoms with van der Waals surface area (Å²) >= 11 is 0. The SMILES string of the molecule is CC(C)N(C(=O)[C@H]1CCCO1)[C@@H]1CCCc2cccnc21. The Labute approximate surface area is 126 Å². The lowest BCUT2D eigenvalue weighted by Crippen LogP contribution is -2.46. The van der Waals surface area contributed by atoms with Crippen molar-refractivity contribution in [2.45, 2.75) is 64.1 Å². The number of ether oxygens (including phenoxy) is 1. The van der Waals surface area contributed by atoms with E-state index >= 15 is 0 Å². The molecular formula is C17H24N2O2. The van der Waals surface area contributed by atoms with Gasteiger partial charge in [0.1, 0.15) is 6.10 Å². The van der Waals surface area contributed by atoms with Crippen LogP contribution < -0.4 is 0 Å². The molecule has 2 heterocycles. The molecule has 3 rings (SSSR count). The molecule has 0 unspecified atom stereocenters. The average Bonchev–Trinajstić information content (AvgIpc) is 3.01. The average molecular weight is 288 g/mol. The maximum atomic E-state index is 12.9. The second kappa shape index (κ2) is 6.14. The monoisotopic (exact) mass is 288 g/mol. The van der Waals surface area contributed by atoms with Crippen molar-refractivity contribution in [3.05, 3.63) is 29.6 Å². The van der Waals surface area contributed by atoms with Crippen LogP contribution in [0.1, 0.15) is 56.8 Å². The van der Waals surface area contributed by atoms with Crippen LogP contribution in [0.25, 0.3) is 0 Å². The lowest BCUT2D eigenvalue weighted by atomic mass is 9.90. The summed E-state index contributed by atoms with van der Waals surface area (Å²) < 4.78 is 5.61. The first-order chi connectivity index (χ1) is 10.2. The zero-order chi connectivity index (χ0) is 14.8. The molecule has 0 N–H and O–H groups in total. The van der Waals surface area contributed by atoms with E-state index in [1.807, 2.05) is 17.2 Å². The van der Waals surface area contributed by atoms with Crippen LogP contribution in [0.5, 0.6) is 0 Å². The summed E-state index contributed by atoms with van der Waals surface area (Å²) in [6, 6.07) is 4.40. The molecule has 4 heteroatoms. The number of nitrogens with zero attached hydrogens (tertiary/aromatic N) is 2. The van der Waals surface area contributed by atoms with Crippen LogP contribution in [0.15, 0.2) is 18.3 Å². The van der Waals surface area contributed by atoms with Gasteiger partial charge in [0.15, 0.2) is 0 Å². The fourth-order valence-corrected chi connectivity index (χ4v) is 3.56. The van der Waals surface area contributed by atoms with Crippen molar-refractivity contribution in [3.63, 3.8) is 0 Å². The third-order valence-electron chi connectivity index (χ3n) is 4.52. The highest BCUT2D eigenvalue weighted by Crippen LogP contribution is 2.35. The van der Waals surface area contributed by atoms with Crippen LogP contribution in [-0.4, -0.2) is 34.5 Å². The minimum atomic E-state index is -0.249. The molecule has 4 nitrogen and oxygen atoms in total. The highest BCUT2D eigenvalue weighted by Gasteiger charge is 2.36. The molecule has 0 aromatic carbocycles. The first-order valence-electron chi connectivity index (χ1n) is 8.06. The van der Waals surface area contributed by atoms with Gasteiger partial charge in [-0.1, -0.05) is 6.07 Å². The molecule has 21 heavy (non-hydrogen) atoms. The number of hydrogen-bond acceptors (Lipinski definition) is 3. The van der Waals surface area contributed by atoms with Gasteiger partial charge in [0.2, 0.25) is 0 Å². The summed E-state index contributed by atoms with van der Waals surface area (Å²) in [6.07, 6.45) is 6.62. The van der Waals surface area contributed by atoms with Crippen molar-refractivity contribution in [2.75, 3.05) is 6.61 Å². The largest absolute Gasteiger partial charge is 0.368 e. The molecular weight excluding hydrogens is 264 g/mol. The maximum absolute atomic E-state index is 12.9. The zero-order valence-corrected chi connectivity index (χ0v) is 12.9. The van der Waals surface area contributed by atoms with E-state index in [4.69, 9.17) is 4.74 Å². The van der Waals surface area contributed by atoms with Gasteiger partial charge in [-0.3, -0.25) is 9.78 Å². The number of carbonyl (C=O) groups excluding carboxylic acids is 1. The fraction of sp³-hybridized carbons (Fsp3) is 0.647. The molecule has 1 aromatic rings. The highest BCUT2D eigenvalue weighted by molar-refractivity contribution is 5.82. The predicted molar refractivity (Wildman–Crippen MR) is 80.9 cm³/mol. The minimum absolute atomic E-state index is 0.103. The van der Waals surface area contributed by atoms with Crippen molar-refractivity contribution in [2.24, 2.45) is 0 Å². The van der Waals surface area contributed by atoms with Gasteiger partial charge < -0.3 is 9.64 Å². The lowest BCUT2D eigenvalue weighted by Gasteiger charge is -2.38. The summed E-state index contributed by atoms with van der Waals surface area (Å²) in [4.78, 5) is 19.5. The predicted octanol–water partition coefficient (Wildman–Crippen LogP) is 2.88. The molecule has 0 bridgehead atoms.